The van der Waals surface area contributed by atoms with E-state index in [1.54, 1.807) is 25.3 Å². The first-order valence-corrected chi connectivity index (χ1v) is 4.51. The van der Waals surface area contributed by atoms with Crippen molar-refractivity contribution < 1.29 is 8.91 Å². The zero-order chi connectivity index (χ0) is 10.7. The molecule has 0 saturated heterocycles. The SMILES string of the molecule is C/C=C(/F)c1cc(-c2ccccn2)no1. The molecule has 0 saturated carbocycles. The molecule has 0 atom stereocenters. The minimum Gasteiger partial charge on any atom is -0.353 e. The van der Waals surface area contributed by atoms with Crippen molar-refractivity contribution in [3.63, 3.8) is 0 Å². The third-order valence-corrected chi connectivity index (χ3v) is 1.93. The summed E-state index contributed by atoms with van der Waals surface area (Å²) in [6.07, 6.45) is 2.97. The average molecular weight is 204 g/mol. The molecule has 3 nitrogen and oxygen atoms in total. The Morgan fingerprint density at radius 2 is 2.27 bits per heavy atom. The summed E-state index contributed by atoms with van der Waals surface area (Å²) in [6, 6.07) is 6.95. The number of hydrogen-bond donors (Lipinski definition) is 0. The van der Waals surface area contributed by atoms with Gasteiger partial charge in [0.15, 0.2) is 11.6 Å². The van der Waals surface area contributed by atoms with E-state index in [2.05, 4.69) is 10.1 Å². The summed E-state index contributed by atoms with van der Waals surface area (Å²) in [5, 5.41) is 3.74. The van der Waals surface area contributed by atoms with Gasteiger partial charge >= 0.3 is 0 Å². The maximum Gasteiger partial charge on any atom is 0.195 e. The summed E-state index contributed by atoms with van der Waals surface area (Å²) >= 11 is 0. The van der Waals surface area contributed by atoms with Crippen LogP contribution in [0.5, 0.6) is 0 Å². The Hall–Kier alpha value is -1.97. The number of nitrogens with zero attached hydrogens (tertiary/aromatic N) is 2. The van der Waals surface area contributed by atoms with Gasteiger partial charge in [-0.3, -0.25) is 4.98 Å². The average Bonchev–Trinajstić information content (AvgIpc) is 2.78. The Balaban J connectivity index is 2.36. The number of halogens is 1. The molecule has 0 unspecified atom stereocenters. The first-order valence-electron chi connectivity index (χ1n) is 4.51. The van der Waals surface area contributed by atoms with Crippen molar-refractivity contribution in [1.29, 1.82) is 0 Å². The van der Waals surface area contributed by atoms with Crippen molar-refractivity contribution in [3.05, 3.63) is 42.3 Å². The predicted octanol–water partition coefficient (Wildman–Crippen LogP) is 3.07. The summed E-state index contributed by atoms with van der Waals surface area (Å²) < 4.78 is 17.9. The smallest absolute Gasteiger partial charge is 0.195 e. The van der Waals surface area contributed by atoms with E-state index in [0.29, 0.717) is 11.4 Å². The maximum atomic E-state index is 13.1. The van der Waals surface area contributed by atoms with E-state index in [1.165, 1.54) is 12.1 Å². The van der Waals surface area contributed by atoms with E-state index in [0.717, 1.165) is 0 Å². The Morgan fingerprint density at radius 3 is 2.93 bits per heavy atom. The summed E-state index contributed by atoms with van der Waals surface area (Å²) in [4.78, 5) is 4.08. The van der Waals surface area contributed by atoms with Crippen LogP contribution in [0.1, 0.15) is 12.7 Å². The fourth-order valence-electron chi connectivity index (χ4n) is 1.17. The minimum absolute atomic E-state index is 0.123. The van der Waals surface area contributed by atoms with E-state index in [4.69, 9.17) is 4.52 Å². The third kappa shape index (κ3) is 1.93. The van der Waals surface area contributed by atoms with E-state index >= 15 is 0 Å². The second kappa shape index (κ2) is 4.04. The fraction of sp³-hybridized carbons (Fsp3) is 0.0909. The molecule has 2 rings (SSSR count). The van der Waals surface area contributed by atoms with Crippen LogP contribution in [0.4, 0.5) is 4.39 Å². The monoisotopic (exact) mass is 204 g/mol. The normalized spacial score (nSPS) is 11.7. The molecule has 2 aromatic rings. The summed E-state index contributed by atoms with van der Waals surface area (Å²) in [7, 11) is 0. The molecule has 2 heterocycles. The standard InChI is InChI=1S/C11H9FN2O/c1-2-8(12)11-7-10(14-15-11)9-5-3-4-6-13-9/h2-7H,1H3/b8-2+. The number of aromatic nitrogens is 2. The Morgan fingerprint density at radius 1 is 1.40 bits per heavy atom. The molecule has 15 heavy (non-hydrogen) atoms. The molecule has 0 amide bonds. The first-order chi connectivity index (χ1) is 7.31. The second-order valence-electron chi connectivity index (χ2n) is 2.93. The van der Waals surface area contributed by atoms with Gasteiger partial charge in [-0.05, 0) is 25.1 Å². The van der Waals surface area contributed by atoms with Crippen molar-refractivity contribution in [2.75, 3.05) is 0 Å². The fourth-order valence-corrected chi connectivity index (χ4v) is 1.17. The van der Waals surface area contributed by atoms with Crippen LogP contribution in [0, 0.1) is 0 Å². The van der Waals surface area contributed by atoms with Crippen molar-refractivity contribution in [1.82, 2.24) is 10.1 Å². The van der Waals surface area contributed by atoms with Crippen molar-refractivity contribution in [2.45, 2.75) is 6.92 Å². The van der Waals surface area contributed by atoms with E-state index in [-0.39, 0.29) is 5.76 Å². The zero-order valence-electron chi connectivity index (χ0n) is 8.14. The lowest BCUT2D eigenvalue weighted by atomic mass is 10.2. The quantitative estimate of drug-likeness (QED) is 0.754. The highest BCUT2D eigenvalue weighted by molar-refractivity contribution is 5.61. The van der Waals surface area contributed by atoms with E-state index in [1.807, 2.05) is 6.07 Å². The second-order valence-corrected chi connectivity index (χ2v) is 2.93. The summed E-state index contributed by atoms with van der Waals surface area (Å²) in [5.41, 5.74) is 1.19. The molecule has 0 aliphatic carbocycles. The molecule has 0 aliphatic rings. The molecule has 0 spiro atoms. The topological polar surface area (TPSA) is 38.9 Å². The summed E-state index contributed by atoms with van der Waals surface area (Å²) in [5.74, 6) is -0.303. The number of pyridine rings is 1. The molecular weight excluding hydrogens is 195 g/mol. The lowest BCUT2D eigenvalue weighted by Crippen LogP contribution is -1.79. The lowest BCUT2D eigenvalue weighted by Gasteiger charge is -1.90. The molecule has 0 aromatic carbocycles. The number of allylic oxidation sites excluding steroid dienone is 1. The number of hydrogen-bond acceptors (Lipinski definition) is 3. The van der Waals surface area contributed by atoms with Crippen LogP contribution in [-0.2, 0) is 0 Å². The predicted molar refractivity (Wildman–Crippen MR) is 54.5 cm³/mol. The van der Waals surface area contributed by atoms with Gasteiger partial charge in [0.05, 0.1) is 5.69 Å². The van der Waals surface area contributed by atoms with Gasteiger partial charge in [-0.2, -0.15) is 0 Å². The molecule has 0 N–H and O–H groups in total. The van der Waals surface area contributed by atoms with Crippen LogP contribution in [0.25, 0.3) is 17.2 Å². The molecule has 0 fully saturated rings. The zero-order valence-corrected chi connectivity index (χ0v) is 8.14. The molecule has 0 radical (unpaired) electrons. The van der Waals surface area contributed by atoms with Crippen LogP contribution in [-0.4, -0.2) is 10.1 Å². The highest BCUT2D eigenvalue weighted by Crippen LogP contribution is 2.21. The van der Waals surface area contributed by atoms with Crippen LogP contribution in [0.2, 0.25) is 0 Å². The third-order valence-electron chi connectivity index (χ3n) is 1.93. The van der Waals surface area contributed by atoms with Gasteiger partial charge in [0.2, 0.25) is 0 Å². The van der Waals surface area contributed by atoms with Crippen LogP contribution in [0.15, 0.2) is 41.1 Å². The first kappa shape index (κ1) is 9.58. The lowest BCUT2D eigenvalue weighted by molar-refractivity contribution is 0.403. The minimum atomic E-state index is -0.426. The van der Waals surface area contributed by atoms with Crippen LogP contribution < -0.4 is 0 Å². The van der Waals surface area contributed by atoms with E-state index in [9.17, 15) is 4.39 Å². The molecule has 4 heteroatoms. The molecule has 76 valence electrons. The van der Waals surface area contributed by atoms with Gasteiger partial charge < -0.3 is 4.52 Å². The molecule has 0 aliphatic heterocycles. The van der Waals surface area contributed by atoms with Gasteiger partial charge in [-0.15, -0.1) is 0 Å². The highest BCUT2D eigenvalue weighted by Gasteiger charge is 2.09. The Kier molecular flexibility index (Phi) is 2.58. The van der Waals surface area contributed by atoms with Gasteiger partial charge in [0, 0.05) is 12.3 Å². The molecule has 0 bridgehead atoms. The van der Waals surface area contributed by atoms with Crippen molar-refractivity contribution >= 4 is 5.83 Å². The van der Waals surface area contributed by atoms with Gasteiger partial charge in [-0.25, -0.2) is 4.39 Å². The van der Waals surface area contributed by atoms with Gasteiger partial charge in [-0.1, -0.05) is 11.2 Å². The largest absolute Gasteiger partial charge is 0.353 e. The number of rotatable bonds is 2. The van der Waals surface area contributed by atoms with Crippen LogP contribution >= 0.6 is 0 Å². The maximum absolute atomic E-state index is 13.1. The highest BCUT2D eigenvalue weighted by atomic mass is 19.1. The Labute approximate surface area is 86.2 Å². The van der Waals surface area contributed by atoms with Gasteiger partial charge in [0.1, 0.15) is 5.69 Å². The summed E-state index contributed by atoms with van der Waals surface area (Å²) in [6.45, 7) is 1.60. The van der Waals surface area contributed by atoms with Crippen LogP contribution in [0.3, 0.4) is 0 Å². The van der Waals surface area contributed by atoms with Gasteiger partial charge in [0.25, 0.3) is 0 Å². The van der Waals surface area contributed by atoms with Crippen molar-refractivity contribution in [3.8, 4) is 11.4 Å². The van der Waals surface area contributed by atoms with E-state index < -0.39 is 5.83 Å². The molecule has 2 aromatic heterocycles. The molecular formula is C11H9FN2O. The van der Waals surface area contributed by atoms with Crippen molar-refractivity contribution in [2.24, 2.45) is 0 Å². The Bertz CT molecular complexity index is 476.